The van der Waals surface area contributed by atoms with Gasteiger partial charge in [-0.3, -0.25) is 14.5 Å². The van der Waals surface area contributed by atoms with E-state index in [-0.39, 0.29) is 17.4 Å². The van der Waals surface area contributed by atoms with Gasteiger partial charge in [0.1, 0.15) is 0 Å². The molecule has 0 fully saturated rings. The summed E-state index contributed by atoms with van der Waals surface area (Å²) in [5.41, 5.74) is 7.20. The molecule has 2 aromatic rings. The van der Waals surface area contributed by atoms with Crippen LogP contribution in [-0.4, -0.2) is 47.8 Å². The molecular formula is C18H21N3O2. The predicted molar refractivity (Wildman–Crippen MR) is 91.5 cm³/mol. The third kappa shape index (κ3) is 2.37. The van der Waals surface area contributed by atoms with E-state index in [1.165, 1.54) is 4.90 Å². The molecule has 0 bridgehead atoms. The van der Waals surface area contributed by atoms with Crippen molar-refractivity contribution in [3.8, 4) is 0 Å². The van der Waals surface area contributed by atoms with E-state index in [9.17, 15) is 9.59 Å². The maximum Gasteiger partial charge on any atom is 0.261 e. The van der Waals surface area contributed by atoms with Crippen LogP contribution < -0.4 is 5.73 Å². The first-order valence-electron chi connectivity index (χ1n) is 7.58. The number of imide groups is 1. The van der Waals surface area contributed by atoms with Crippen LogP contribution in [0.1, 0.15) is 34.6 Å². The summed E-state index contributed by atoms with van der Waals surface area (Å²) in [4.78, 5) is 29.1. The van der Waals surface area contributed by atoms with Crippen LogP contribution >= 0.6 is 0 Å². The minimum absolute atomic E-state index is 0.243. The number of likely N-dealkylation sites (N-methyl/N-ethyl adjacent to an activating group) is 1. The smallest absolute Gasteiger partial charge is 0.261 e. The summed E-state index contributed by atoms with van der Waals surface area (Å²) in [5, 5.41) is 1.53. The first-order valence-corrected chi connectivity index (χ1v) is 7.58. The van der Waals surface area contributed by atoms with Crippen LogP contribution in [0.2, 0.25) is 0 Å². The number of hydrogen-bond acceptors (Lipinski definition) is 4. The van der Waals surface area contributed by atoms with Gasteiger partial charge < -0.3 is 10.6 Å². The number of rotatable bonds is 3. The predicted octanol–water partition coefficient (Wildman–Crippen LogP) is 2.36. The SMILES string of the molecule is CN(C)C(C)(C)CN1C(=O)c2cccc3cc(N)cc(c23)C1=O. The second-order valence-electron chi connectivity index (χ2n) is 6.88. The molecule has 120 valence electrons. The van der Waals surface area contributed by atoms with Gasteiger partial charge in [0.05, 0.1) is 5.56 Å². The molecule has 2 aromatic carbocycles. The number of anilines is 1. The van der Waals surface area contributed by atoms with Gasteiger partial charge in [-0.15, -0.1) is 0 Å². The van der Waals surface area contributed by atoms with E-state index < -0.39 is 0 Å². The van der Waals surface area contributed by atoms with Gasteiger partial charge in [0.2, 0.25) is 0 Å². The fourth-order valence-corrected chi connectivity index (χ4v) is 2.85. The molecule has 5 nitrogen and oxygen atoms in total. The number of nitrogens with zero attached hydrogens (tertiary/aromatic N) is 2. The average Bonchev–Trinajstić information content (AvgIpc) is 2.48. The fraction of sp³-hybridized carbons (Fsp3) is 0.333. The number of nitrogen functional groups attached to an aromatic ring is 1. The van der Waals surface area contributed by atoms with E-state index in [2.05, 4.69) is 0 Å². The molecule has 3 rings (SSSR count). The highest BCUT2D eigenvalue weighted by Crippen LogP contribution is 2.32. The minimum atomic E-state index is -0.322. The van der Waals surface area contributed by atoms with Crippen LogP contribution in [0.4, 0.5) is 5.69 Å². The van der Waals surface area contributed by atoms with E-state index in [1.54, 1.807) is 18.2 Å². The average molecular weight is 311 g/mol. The van der Waals surface area contributed by atoms with Gasteiger partial charge in [0.25, 0.3) is 11.8 Å². The first-order chi connectivity index (χ1) is 10.7. The van der Waals surface area contributed by atoms with Crippen LogP contribution in [-0.2, 0) is 0 Å². The lowest BCUT2D eigenvalue weighted by molar-refractivity contribution is 0.0504. The van der Waals surface area contributed by atoms with Gasteiger partial charge in [0.15, 0.2) is 0 Å². The van der Waals surface area contributed by atoms with Crippen molar-refractivity contribution in [3.05, 3.63) is 41.5 Å². The molecule has 1 heterocycles. The molecular weight excluding hydrogens is 290 g/mol. The van der Waals surface area contributed by atoms with E-state index in [1.807, 2.05) is 45.0 Å². The third-order valence-corrected chi connectivity index (χ3v) is 4.71. The Kier molecular flexibility index (Phi) is 3.41. The summed E-state index contributed by atoms with van der Waals surface area (Å²) in [7, 11) is 3.87. The van der Waals surface area contributed by atoms with E-state index in [0.29, 0.717) is 28.7 Å². The van der Waals surface area contributed by atoms with Crippen LogP contribution in [0.15, 0.2) is 30.3 Å². The summed E-state index contributed by atoms with van der Waals surface area (Å²) in [6.07, 6.45) is 0. The van der Waals surface area contributed by atoms with Crippen molar-refractivity contribution < 1.29 is 9.59 Å². The third-order valence-electron chi connectivity index (χ3n) is 4.71. The zero-order valence-electron chi connectivity index (χ0n) is 13.9. The summed E-state index contributed by atoms with van der Waals surface area (Å²) in [5.74, 6) is -0.520. The number of carbonyl (C=O) groups excluding carboxylic acids is 2. The monoisotopic (exact) mass is 311 g/mol. The second-order valence-corrected chi connectivity index (χ2v) is 6.88. The molecule has 0 aliphatic carbocycles. The quantitative estimate of drug-likeness (QED) is 0.698. The number of carbonyl (C=O) groups is 2. The molecule has 0 aromatic heterocycles. The van der Waals surface area contributed by atoms with Crippen molar-refractivity contribution in [2.24, 2.45) is 0 Å². The molecule has 0 saturated carbocycles. The van der Waals surface area contributed by atoms with Crippen molar-refractivity contribution in [3.63, 3.8) is 0 Å². The van der Waals surface area contributed by atoms with Crippen LogP contribution in [0.5, 0.6) is 0 Å². The van der Waals surface area contributed by atoms with Gasteiger partial charge in [-0.25, -0.2) is 0 Å². The zero-order chi connectivity index (χ0) is 16.9. The number of benzene rings is 2. The lowest BCUT2D eigenvalue weighted by Crippen LogP contribution is -2.53. The maximum absolute atomic E-state index is 12.9. The number of hydrogen-bond donors (Lipinski definition) is 1. The Labute approximate surface area is 135 Å². The Morgan fingerprint density at radius 3 is 2.39 bits per heavy atom. The number of amides is 2. The summed E-state index contributed by atoms with van der Waals surface area (Å²) >= 11 is 0. The molecule has 2 amide bonds. The van der Waals surface area contributed by atoms with E-state index >= 15 is 0 Å². The van der Waals surface area contributed by atoms with Crippen LogP contribution in [0, 0.1) is 0 Å². The minimum Gasteiger partial charge on any atom is -0.399 e. The maximum atomic E-state index is 12.9. The van der Waals surface area contributed by atoms with E-state index in [4.69, 9.17) is 5.73 Å². The molecule has 23 heavy (non-hydrogen) atoms. The van der Waals surface area contributed by atoms with Gasteiger partial charge in [0, 0.05) is 28.7 Å². The lowest BCUT2D eigenvalue weighted by atomic mass is 9.92. The van der Waals surface area contributed by atoms with Gasteiger partial charge in [-0.05, 0) is 51.5 Å². The standard InChI is InChI=1S/C18H21N3O2/c1-18(2,20(3)4)10-21-16(22)13-7-5-6-11-8-12(19)9-14(15(11)13)17(21)23/h5-9H,10,19H2,1-4H3. The molecule has 1 aliphatic heterocycles. The molecule has 0 saturated heterocycles. The number of nitrogens with two attached hydrogens (primary N) is 1. The molecule has 5 heteroatoms. The Hall–Kier alpha value is -2.40. The fourth-order valence-electron chi connectivity index (χ4n) is 2.85. The van der Waals surface area contributed by atoms with Crippen molar-refractivity contribution in [1.29, 1.82) is 0 Å². The van der Waals surface area contributed by atoms with Gasteiger partial charge in [-0.2, -0.15) is 0 Å². The van der Waals surface area contributed by atoms with Gasteiger partial charge in [-0.1, -0.05) is 12.1 Å². The molecule has 0 unspecified atom stereocenters. The Bertz CT molecular complexity index is 824. The van der Waals surface area contributed by atoms with Crippen molar-refractivity contribution in [2.75, 3.05) is 26.4 Å². The van der Waals surface area contributed by atoms with Crippen molar-refractivity contribution in [2.45, 2.75) is 19.4 Å². The zero-order valence-corrected chi connectivity index (χ0v) is 13.9. The van der Waals surface area contributed by atoms with E-state index in [0.717, 1.165) is 5.39 Å². The second kappa shape index (κ2) is 5.06. The Balaban J connectivity index is 2.16. The Morgan fingerprint density at radius 2 is 1.74 bits per heavy atom. The molecule has 2 N–H and O–H groups in total. The van der Waals surface area contributed by atoms with Crippen LogP contribution in [0.25, 0.3) is 10.8 Å². The van der Waals surface area contributed by atoms with Crippen molar-refractivity contribution >= 4 is 28.3 Å². The highest BCUT2D eigenvalue weighted by molar-refractivity contribution is 6.25. The summed E-state index contributed by atoms with van der Waals surface area (Å²) in [6, 6.07) is 8.92. The normalized spacial score (nSPS) is 14.9. The molecule has 1 aliphatic rings. The van der Waals surface area contributed by atoms with Crippen LogP contribution in [0.3, 0.4) is 0 Å². The topological polar surface area (TPSA) is 66.6 Å². The molecule has 0 spiro atoms. The summed E-state index contributed by atoms with van der Waals surface area (Å²) < 4.78 is 0. The Morgan fingerprint density at radius 1 is 1.09 bits per heavy atom. The molecule has 0 radical (unpaired) electrons. The first kappa shape index (κ1) is 15.5. The summed E-state index contributed by atoms with van der Waals surface area (Å²) in [6.45, 7) is 4.33. The highest BCUT2D eigenvalue weighted by Gasteiger charge is 2.37. The highest BCUT2D eigenvalue weighted by atomic mass is 16.2. The van der Waals surface area contributed by atoms with Gasteiger partial charge >= 0.3 is 0 Å². The molecule has 0 atom stereocenters. The van der Waals surface area contributed by atoms with Crippen molar-refractivity contribution in [1.82, 2.24) is 9.80 Å². The lowest BCUT2D eigenvalue weighted by Gasteiger charge is -2.38. The largest absolute Gasteiger partial charge is 0.399 e.